The second kappa shape index (κ2) is 16.2. The Morgan fingerprint density at radius 3 is 2.35 bits per heavy atom. The molecule has 2 aromatic carbocycles. The van der Waals surface area contributed by atoms with Gasteiger partial charge in [-0.25, -0.2) is 4.98 Å². The SMILES string of the molecule is CC(C)Cc1nc2ccc3cc2n1CCCNC(=O)[C@@H](C)NC(=O)[C@H](Cc1ccccc1)NC(=O)CN(S(=O)(=O)N(C)C)CCNC3=O. The summed E-state index contributed by atoms with van der Waals surface area (Å²) in [4.78, 5) is 57.8. The zero-order valence-electron chi connectivity index (χ0n) is 28.2. The number of benzene rings is 2. The van der Waals surface area contributed by atoms with Crippen LogP contribution in [0.2, 0.25) is 0 Å². The van der Waals surface area contributed by atoms with Crippen molar-refractivity contribution >= 4 is 44.9 Å². The van der Waals surface area contributed by atoms with Crippen LogP contribution in [0.5, 0.6) is 0 Å². The van der Waals surface area contributed by atoms with E-state index in [2.05, 4.69) is 39.7 Å². The molecule has 0 saturated heterocycles. The second-order valence-electron chi connectivity index (χ2n) is 12.5. The van der Waals surface area contributed by atoms with E-state index in [0.29, 0.717) is 31.0 Å². The summed E-state index contributed by atoms with van der Waals surface area (Å²) >= 11 is 0. The van der Waals surface area contributed by atoms with Crippen molar-refractivity contribution in [3.8, 4) is 0 Å². The lowest BCUT2D eigenvalue weighted by atomic mass is 10.0. The molecule has 15 heteroatoms. The van der Waals surface area contributed by atoms with Crippen molar-refractivity contribution in [3.63, 3.8) is 0 Å². The molecule has 4 rings (SSSR count). The van der Waals surface area contributed by atoms with Crippen LogP contribution in [-0.4, -0.2) is 103 Å². The van der Waals surface area contributed by atoms with Crippen molar-refractivity contribution in [3.05, 3.63) is 65.5 Å². The fourth-order valence-corrected chi connectivity index (χ4v) is 6.49. The van der Waals surface area contributed by atoms with Crippen LogP contribution in [0.25, 0.3) is 11.0 Å². The molecule has 0 unspecified atom stereocenters. The Balaban J connectivity index is 1.65. The van der Waals surface area contributed by atoms with Gasteiger partial charge in [0.15, 0.2) is 0 Å². The van der Waals surface area contributed by atoms with Crippen LogP contribution in [0.15, 0.2) is 48.5 Å². The molecule has 0 saturated carbocycles. The van der Waals surface area contributed by atoms with E-state index in [1.54, 1.807) is 49.4 Å². The largest absolute Gasteiger partial charge is 0.354 e. The lowest BCUT2D eigenvalue weighted by molar-refractivity contribution is -0.131. The summed E-state index contributed by atoms with van der Waals surface area (Å²) in [5.41, 5.74) is 2.64. The van der Waals surface area contributed by atoms with Gasteiger partial charge in [0.1, 0.15) is 17.9 Å². The van der Waals surface area contributed by atoms with Gasteiger partial charge in [0.25, 0.3) is 16.1 Å². The highest BCUT2D eigenvalue weighted by atomic mass is 32.2. The van der Waals surface area contributed by atoms with E-state index in [0.717, 1.165) is 37.5 Å². The summed E-state index contributed by atoms with van der Waals surface area (Å²) in [5, 5.41) is 11.0. The van der Waals surface area contributed by atoms with Gasteiger partial charge in [-0.2, -0.15) is 17.0 Å². The van der Waals surface area contributed by atoms with Crippen molar-refractivity contribution < 1.29 is 27.6 Å². The fraction of sp³-hybridized carbons (Fsp3) is 0.485. The molecular formula is C33H46N8O6S. The normalized spacial score (nSPS) is 19.9. The van der Waals surface area contributed by atoms with Gasteiger partial charge < -0.3 is 25.8 Å². The molecule has 0 spiro atoms. The topological polar surface area (TPSA) is 175 Å². The number of fused-ring (bicyclic) bond motifs is 1. The Labute approximate surface area is 281 Å². The summed E-state index contributed by atoms with van der Waals surface area (Å²) in [6.45, 7) is 5.75. The minimum absolute atomic E-state index is 0.0751. The van der Waals surface area contributed by atoms with Gasteiger partial charge in [-0.05, 0) is 43.0 Å². The third-order valence-electron chi connectivity index (χ3n) is 7.98. The molecule has 3 aromatic rings. The molecular weight excluding hydrogens is 636 g/mol. The lowest BCUT2D eigenvalue weighted by Crippen LogP contribution is -2.55. The van der Waals surface area contributed by atoms with Gasteiger partial charge in [0.05, 0.1) is 17.6 Å². The molecule has 4 amide bonds. The molecule has 1 aromatic heterocycles. The van der Waals surface area contributed by atoms with E-state index >= 15 is 0 Å². The Morgan fingerprint density at radius 2 is 1.67 bits per heavy atom. The maximum Gasteiger partial charge on any atom is 0.282 e. The molecule has 1 aliphatic rings. The maximum absolute atomic E-state index is 13.4. The Morgan fingerprint density at radius 1 is 0.938 bits per heavy atom. The van der Waals surface area contributed by atoms with E-state index < -0.39 is 46.6 Å². The van der Waals surface area contributed by atoms with Crippen LogP contribution < -0.4 is 21.3 Å². The number of amides is 4. The smallest absolute Gasteiger partial charge is 0.282 e. The summed E-state index contributed by atoms with van der Waals surface area (Å²) in [6.07, 6.45) is 1.40. The number of aromatic nitrogens is 2. The first-order chi connectivity index (χ1) is 22.8. The average Bonchev–Trinajstić information content (AvgIpc) is 3.37. The van der Waals surface area contributed by atoms with Crippen molar-refractivity contribution in [2.45, 2.75) is 58.7 Å². The first kappa shape index (κ1) is 36.5. The summed E-state index contributed by atoms with van der Waals surface area (Å²) in [5.74, 6) is -0.902. The summed E-state index contributed by atoms with van der Waals surface area (Å²) in [7, 11) is -1.41. The zero-order chi connectivity index (χ0) is 35.0. The van der Waals surface area contributed by atoms with Gasteiger partial charge in [-0.3, -0.25) is 19.2 Å². The van der Waals surface area contributed by atoms with Crippen LogP contribution in [-0.2, 0) is 44.0 Å². The first-order valence-electron chi connectivity index (χ1n) is 16.1. The number of nitrogens with one attached hydrogen (secondary N) is 4. The minimum Gasteiger partial charge on any atom is -0.354 e. The van der Waals surface area contributed by atoms with Crippen molar-refractivity contribution in [2.24, 2.45) is 5.92 Å². The number of imidazole rings is 1. The number of hydrogen-bond donors (Lipinski definition) is 4. The number of carbonyl (C=O) groups is 4. The van der Waals surface area contributed by atoms with Crippen molar-refractivity contribution in [2.75, 3.05) is 40.3 Å². The Bertz CT molecular complexity index is 1720. The van der Waals surface area contributed by atoms with Gasteiger partial charge in [-0.15, -0.1) is 0 Å². The monoisotopic (exact) mass is 682 g/mol. The van der Waals surface area contributed by atoms with Gasteiger partial charge >= 0.3 is 0 Å². The predicted molar refractivity (Wildman–Crippen MR) is 182 cm³/mol. The molecule has 2 heterocycles. The van der Waals surface area contributed by atoms with E-state index in [1.165, 1.54) is 14.1 Å². The number of nitrogens with zero attached hydrogens (tertiary/aromatic N) is 4. The second-order valence-corrected chi connectivity index (χ2v) is 14.7. The summed E-state index contributed by atoms with van der Waals surface area (Å²) < 4.78 is 30.4. The first-order valence-corrected chi connectivity index (χ1v) is 17.5. The quantitative estimate of drug-likeness (QED) is 0.298. The fourth-order valence-electron chi connectivity index (χ4n) is 5.43. The molecule has 1 aliphatic heterocycles. The molecule has 0 radical (unpaired) electrons. The highest BCUT2D eigenvalue weighted by Crippen LogP contribution is 2.21. The van der Waals surface area contributed by atoms with E-state index in [-0.39, 0.29) is 25.4 Å². The highest BCUT2D eigenvalue weighted by molar-refractivity contribution is 7.86. The van der Waals surface area contributed by atoms with Crippen molar-refractivity contribution in [1.82, 2.24) is 39.4 Å². The van der Waals surface area contributed by atoms with Crippen LogP contribution in [0.3, 0.4) is 0 Å². The van der Waals surface area contributed by atoms with E-state index in [4.69, 9.17) is 4.98 Å². The third kappa shape index (κ3) is 9.39. The van der Waals surface area contributed by atoms with Crippen LogP contribution in [0.4, 0.5) is 0 Å². The van der Waals surface area contributed by atoms with Crippen LogP contribution in [0.1, 0.15) is 48.9 Å². The molecule has 0 aliphatic carbocycles. The highest BCUT2D eigenvalue weighted by Gasteiger charge is 2.30. The summed E-state index contributed by atoms with van der Waals surface area (Å²) in [6, 6.07) is 12.2. The number of carbonyl (C=O) groups excluding carboxylic acids is 4. The van der Waals surface area contributed by atoms with Crippen molar-refractivity contribution in [1.29, 1.82) is 0 Å². The molecule has 2 atom stereocenters. The number of rotatable bonds is 6. The standard InChI is InChI=1S/C33H46N8O6S/c1-22(2)18-29-37-26-13-12-25-20-28(26)41(29)16-9-14-34-31(43)23(3)36-33(45)27(19-24-10-7-6-8-11-24)38-30(42)21-40(17-15-35-32(25)44)48(46,47)39(4)5/h6-8,10-13,20,22-23,27H,9,14-19,21H2,1-5H3,(H,34,43)(H,35,44)(H,36,45)(H,38,42)/t23-,27+/m1/s1. The van der Waals surface area contributed by atoms with Crippen LogP contribution >= 0.6 is 0 Å². The molecule has 260 valence electrons. The molecule has 4 N–H and O–H groups in total. The molecule has 2 bridgehead atoms. The van der Waals surface area contributed by atoms with E-state index in [1.807, 2.05) is 6.07 Å². The Kier molecular flexibility index (Phi) is 12.3. The van der Waals surface area contributed by atoms with Gasteiger partial charge in [-0.1, -0.05) is 44.2 Å². The molecule has 0 fully saturated rings. The zero-order valence-corrected chi connectivity index (χ0v) is 29.0. The molecule has 48 heavy (non-hydrogen) atoms. The average molecular weight is 683 g/mol. The lowest BCUT2D eigenvalue weighted by Gasteiger charge is -2.26. The van der Waals surface area contributed by atoms with E-state index in [9.17, 15) is 27.6 Å². The van der Waals surface area contributed by atoms with Crippen LogP contribution in [0, 0.1) is 5.92 Å². The minimum atomic E-state index is -4.09. The van der Waals surface area contributed by atoms with Gasteiger partial charge in [0.2, 0.25) is 17.7 Å². The maximum atomic E-state index is 13.4. The van der Waals surface area contributed by atoms with Gasteiger partial charge in [0, 0.05) is 58.7 Å². The number of hydrogen-bond acceptors (Lipinski definition) is 7. The molecule has 14 nitrogen and oxygen atoms in total. The Hall–Kier alpha value is -4.34. The third-order valence-corrected chi connectivity index (χ3v) is 9.87. The predicted octanol–water partition coefficient (Wildman–Crippen LogP) is 0.825. The number of aryl methyl sites for hydroxylation is 1.